The minimum atomic E-state index is 0.222. The molecule has 25 heavy (non-hydrogen) atoms. The summed E-state index contributed by atoms with van der Waals surface area (Å²) in [5.41, 5.74) is 1.82. The zero-order valence-electron chi connectivity index (χ0n) is 14.5. The molecule has 0 fully saturated rings. The zero-order valence-corrected chi connectivity index (χ0v) is 14.5. The van der Waals surface area contributed by atoms with Crippen LogP contribution in [0.15, 0.2) is 54.6 Å². The summed E-state index contributed by atoms with van der Waals surface area (Å²) in [6, 6.07) is 17.7. The fourth-order valence-electron chi connectivity index (χ4n) is 2.27. The van der Waals surface area contributed by atoms with Gasteiger partial charge in [0, 0.05) is 17.3 Å². The topological polar surface area (TPSA) is 72.0 Å². The van der Waals surface area contributed by atoms with Crippen LogP contribution in [-0.4, -0.2) is 28.1 Å². The lowest BCUT2D eigenvalue weighted by atomic mass is 10.2. The molecule has 1 aromatic heterocycles. The van der Waals surface area contributed by atoms with Crippen molar-refractivity contribution in [2.24, 2.45) is 0 Å². The second kappa shape index (κ2) is 7.61. The van der Waals surface area contributed by atoms with E-state index in [4.69, 9.17) is 4.74 Å². The van der Waals surface area contributed by atoms with Gasteiger partial charge in [-0.25, -0.2) is 0 Å². The van der Waals surface area contributed by atoms with Crippen LogP contribution in [0.5, 0.6) is 5.75 Å². The molecular weight excluding hydrogens is 314 g/mol. The summed E-state index contributed by atoms with van der Waals surface area (Å²) in [5.74, 6) is 2.45. The first-order valence-corrected chi connectivity index (χ1v) is 8.13. The fourth-order valence-corrected chi connectivity index (χ4v) is 2.27. The van der Waals surface area contributed by atoms with E-state index in [0.717, 1.165) is 17.0 Å². The van der Waals surface area contributed by atoms with Crippen LogP contribution < -0.4 is 15.4 Å². The van der Waals surface area contributed by atoms with Crippen LogP contribution >= 0.6 is 0 Å². The predicted octanol–water partition coefficient (Wildman–Crippen LogP) is 4.11. The second-order valence-electron chi connectivity index (χ2n) is 5.82. The Kier molecular flexibility index (Phi) is 5.09. The first-order chi connectivity index (χ1) is 12.1. The van der Waals surface area contributed by atoms with E-state index in [1.807, 2.05) is 68.4 Å². The third-order valence-electron chi connectivity index (χ3n) is 3.43. The number of aromatic nitrogens is 3. The summed E-state index contributed by atoms with van der Waals surface area (Å²) in [6.07, 6.45) is 0. The predicted molar refractivity (Wildman–Crippen MR) is 100 cm³/mol. The van der Waals surface area contributed by atoms with Crippen molar-refractivity contribution >= 4 is 17.6 Å². The maximum Gasteiger partial charge on any atom is 0.232 e. The highest BCUT2D eigenvalue weighted by Crippen LogP contribution is 2.21. The molecule has 0 unspecified atom stereocenters. The van der Waals surface area contributed by atoms with Gasteiger partial charge in [-0.3, -0.25) is 0 Å². The van der Waals surface area contributed by atoms with Gasteiger partial charge in [-0.05, 0) is 38.1 Å². The molecule has 0 aliphatic rings. The number of anilines is 3. The Bertz CT molecular complexity index is 819. The van der Waals surface area contributed by atoms with E-state index in [0.29, 0.717) is 17.7 Å². The molecule has 0 saturated carbocycles. The standard InChI is InChI=1S/C19H21N5O/c1-13(2)20-18-22-17(14-7-5-4-6-8-14)23-19(24-18)21-15-9-11-16(25-3)12-10-15/h4-13H,1-3H3,(H2,20,21,22,23,24). The lowest BCUT2D eigenvalue weighted by molar-refractivity contribution is 0.415. The van der Waals surface area contributed by atoms with Crippen LogP contribution in [0.25, 0.3) is 11.4 Å². The largest absolute Gasteiger partial charge is 0.497 e. The SMILES string of the molecule is COc1ccc(Nc2nc(NC(C)C)nc(-c3ccccc3)n2)cc1. The van der Waals surface area contributed by atoms with Gasteiger partial charge in [-0.1, -0.05) is 30.3 Å². The Morgan fingerprint density at radius 1 is 0.840 bits per heavy atom. The summed E-state index contributed by atoms with van der Waals surface area (Å²) >= 11 is 0. The molecule has 0 aliphatic heterocycles. The Hall–Kier alpha value is -3.15. The molecule has 0 bridgehead atoms. The highest BCUT2D eigenvalue weighted by Gasteiger charge is 2.09. The van der Waals surface area contributed by atoms with Gasteiger partial charge in [0.05, 0.1) is 7.11 Å². The number of benzene rings is 2. The monoisotopic (exact) mass is 335 g/mol. The van der Waals surface area contributed by atoms with Crippen molar-refractivity contribution in [3.05, 3.63) is 54.6 Å². The number of ether oxygens (including phenoxy) is 1. The van der Waals surface area contributed by atoms with Crippen molar-refractivity contribution in [3.8, 4) is 17.1 Å². The molecule has 0 atom stereocenters. The van der Waals surface area contributed by atoms with E-state index in [2.05, 4.69) is 25.6 Å². The fraction of sp³-hybridized carbons (Fsp3) is 0.211. The normalized spacial score (nSPS) is 10.6. The molecule has 0 saturated heterocycles. The highest BCUT2D eigenvalue weighted by molar-refractivity contribution is 5.61. The molecule has 2 aromatic carbocycles. The van der Waals surface area contributed by atoms with Gasteiger partial charge in [-0.2, -0.15) is 15.0 Å². The third-order valence-corrected chi connectivity index (χ3v) is 3.43. The number of nitrogens with zero attached hydrogens (tertiary/aromatic N) is 3. The van der Waals surface area contributed by atoms with Crippen LogP contribution in [0.4, 0.5) is 17.6 Å². The summed E-state index contributed by atoms with van der Waals surface area (Å²) in [5, 5.41) is 6.46. The summed E-state index contributed by atoms with van der Waals surface area (Å²) < 4.78 is 5.18. The Balaban J connectivity index is 1.93. The molecule has 128 valence electrons. The van der Waals surface area contributed by atoms with Crippen LogP contribution in [-0.2, 0) is 0 Å². The lowest BCUT2D eigenvalue weighted by Gasteiger charge is -2.12. The van der Waals surface area contributed by atoms with Crippen molar-refractivity contribution < 1.29 is 4.74 Å². The van der Waals surface area contributed by atoms with Gasteiger partial charge in [0.25, 0.3) is 0 Å². The van der Waals surface area contributed by atoms with Crippen LogP contribution in [0.3, 0.4) is 0 Å². The van der Waals surface area contributed by atoms with Gasteiger partial charge in [0.1, 0.15) is 5.75 Å². The smallest absolute Gasteiger partial charge is 0.232 e. The van der Waals surface area contributed by atoms with Crippen molar-refractivity contribution in [3.63, 3.8) is 0 Å². The Labute approximate surface area is 147 Å². The Morgan fingerprint density at radius 3 is 2.16 bits per heavy atom. The lowest BCUT2D eigenvalue weighted by Crippen LogP contribution is -2.14. The maximum atomic E-state index is 5.18. The average molecular weight is 335 g/mol. The third kappa shape index (κ3) is 4.44. The molecule has 2 N–H and O–H groups in total. The van der Waals surface area contributed by atoms with Gasteiger partial charge >= 0.3 is 0 Å². The zero-order chi connectivity index (χ0) is 17.6. The van der Waals surface area contributed by atoms with Gasteiger partial charge < -0.3 is 15.4 Å². The van der Waals surface area contributed by atoms with E-state index in [9.17, 15) is 0 Å². The summed E-state index contributed by atoms with van der Waals surface area (Å²) in [7, 11) is 1.64. The van der Waals surface area contributed by atoms with Gasteiger partial charge in [0.15, 0.2) is 5.82 Å². The summed E-state index contributed by atoms with van der Waals surface area (Å²) in [6.45, 7) is 4.09. The van der Waals surface area contributed by atoms with Crippen LogP contribution in [0, 0.1) is 0 Å². The molecule has 3 rings (SSSR count). The molecule has 6 heteroatoms. The number of hydrogen-bond donors (Lipinski definition) is 2. The molecule has 0 spiro atoms. The molecule has 1 heterocycles. The molecule has 0 radical (unpaired) electrons. The number of rotatable bonds is 6. The molecule has 3 aromatic rings. The van der Waals surface area contributed by atoms with Crippen molar-refractivity contribution in [2.75, 3.05) is 17.7 Å². The average Bonchev–Trinajstić information content (AvgIpc) is 2.62. The van der Waals surface area contributed by atoms with Crippen molar-refractivity contribution in [1.82, 2.24) is 15.0 Å². The van der Waals surface area contributed by atoms with E-state index in [1.165, 1.54) is 0 Å². The minimum absolute atomic E-state index is 0.222. The second-order valence-corrected chi connectivity index (χ2v) is 5.82. The van der Waals surface area contributed by atoms with Crippen LogP contribution in [0.2, 0.25) is 0 Å². The molecule has 0 aliphatic carbocycles. The van der Waals surface area contributed by atoms with E-state index in [1.54, 1.807) is 7.11 Å². The van der Waals surface area contributed by atoms with E-state index < -0.39 is 0 Å². The number of nitrogens with one attached hydrogen (secondary N) is 2. The van der Waals surface area contributed by atoms with Crippen LogP contribution in [0.1, 0.15) is 13.8 Å². The maximum absolute atomic E-state index is 5.18. The van der Waals surface area contributed by atoms with Crippen molar-refractivity contribution in [1.29, 1.82) is 0 Å². The highest BCUT2D eigenvalue weighted by atomic mass is 16.5. The first kappa shape index (κ1) is 16.7. The molecule has 6 nitrogen and oxygen atoms in total. The minimum Gasteiger partial charge on any atom is -0.497 e. The van der Waals surface area contributed by atoms with Gasteiger partial charge in [0.2, 0.25) is 11.9 Å². The summed E-state index contributed by atoms with van der Waals surface area (Å²) in [4.78, 5) is 13.5. The number of methoxy groups -OCH3 is 1. The first-order valence-electron chi connectivity index (χ1n) is 8.13. The van der Waals surface area contributed by atoms with Crippen molar-refractivity contribution in [2.45, 2.75) is 19.9 Å². The quantitative estimate of drug-likeness (QED) is 0.706. The van der Waals surface area contributed by atoms with E-state index in [-0.39, 0.29) is 6.04 Å². The molecule has 0 amide bonds. The van der Waals surface area contributed by atoms with E-state index >= 15 is 0 Å². The molecular formula is C19H21N5O. The number of hydrogen-bond acceptors (Lipinski definition) is 6. The van der Waals surface area contributed by atoms with Gasteiger partial charge in [-0.15, -0.1) is 0 Å². The Morgan fingerprint density at radius 2 is 1.52 bits per heavy atom.